The Morgan fingerprint density at radius 1 is 1.21 bits per heavy atom. The summed E-state index contributed by atoms with van der Waals surface area (Å²) in [4.78, 5) is 19.3. The Morgan fingerprint density at radius 2 is 2.11 bits per heavy atom. The van der Waals surface area contributed by atoms with Gasteiger partial charge in [-0.05, 0) is 31.4 Å². The highest BCUT2D eigenvalue weighted by molar-refractivity contribution is 5.94. The van der Waals surface area contributed by atoms with Crippen LogP contribution in [0, 0.1) is 0 Å². The molecule has 0 aliphatic carbocycles. The van der Waals surface area contributed by atoms with E-state index in [-0.39, 0.29) is 11.9 Å². The summed E-state index contributed by atoms with van der Waals surface area (Å²) in [7, 11) is 1.66. The van der Waals surface area contributed by atoms with Crippen molar-refractivity contribution in [2.75, 3.05) is 13.7 Å². The van der Waals surface area contributed by atoms with Crippen LogP contribution in [-0.4, -0.2) is 39.6 Å². The second-order valence-electron chi connectivity index (χ2n) is 6.79. The molecule has 1 aliphatic heterocycles. The molecule has 144 valence electrons. The summed E-state index contributed by atoms with van der Waals surface area (Å²) >= 11 is 0. The normalized spacial score (nSPS) is 16.8. The van der Waals surface area contributed by atoms with Gasteiger partial charge in [-0.1, -0.05) is 18.2 Å². The van der Waals surface area contributed by atoms with Crippen LogP contribution in [0.5, 0.6) is 5.75 Å². The summed E-state index contributed by atoms with van der Waals surface area (Å²) in [5.41, 5.74) is 1.56. The number of likely N-dealkylation sites (tertiary alicyclic amines) is 1. The van der Waals surface area contributed by atoms with Gasteiger partial charge in [-0.3, -0.25) is 4.79 Å². The lowest BCUT2D eigenvalue weighted by molar-refractivity contribution is 0.0569. The molecule has 1 aliphatic rings. The standard InChI is InChI=1S/C21H22N4O3/c1-27-19-8-3-2-6-15(19)12-17-14-22-20(28-17)18-7-4-5-11-25(18)21(26)16-9-10-23-24-13-16/h2-3,6,8-10,13-14,18H,4-5,7,11-12H2,1H3. The Kier molecular flexibility index (Phi) is 5.32. The van der Waals surface area contributed by atoms with Gasteiger partial charge in [0, 0.05) is 18.5 Å². The van der Waals surface area contributed by atoms with E-state index in [4.69, 9.17) is 9.15 Å². The molecule has 1 unspecified atom stereocenters. The van der Waals surface area contributed by atoms with Crippen molar-refractivity contribution in [1.82, 2.24) is 20.1 Å². The van der Waals surface area contributed by atoms with Crippen LogP contribution in [-0.2, 0) is 6.42 Å². The van der Waals surface area contributed by atoms with Gasteiger partial charge in [0.15, 0.2) is 0 Å². The molecular weight excluding hydrogens is 356 g/mol. The first kappa shape index (κ1) is 18.2. The predicted molar refractivity (Wildman–Crippen MR) is 102 cm³/mol. The highest BCUT2D eigenvalue weighted by atomic mass is 16.5. The molecule has 4 rings (SSSR count). The number of methoxy groups -OCH3 is 1. The van der Waals surface area contributed by atoms with Crippen LogP contribution in [0.2, 0.25) is 0 Å². The van der Waals surface area contributed by atoms with E-state index in [1.807, 2.05) is 29.2 Å². The highest BCUT2D eigenvalue weighted by Crippen LogP contribution is 2.32. The number of carbonyl (C=O) groups excluding carboxylic acids is 1. The third-order valence-electron chi connectivity index (χ3n) is 5.01. The molecule has 0 saturated carbocycles. The zero-order chi connectivity index (χ0) is 19.3. The molecule has 7 heteroatoms. The fourth-order valence-electron chi connectivity index (χ4n) is 3.61. The number of aromatic nitrogens is 3. The summed E-state index contributed by atoms with van der Waals surface area (Å²) in [5, 5.41) is 7.56. The maximum Gasteiger partial charge on any atom is 0.256 e. The lowest BCUT2D eigenvalue weighted by Crippen LogP contribution is -2.38. The monoisotopic (exact) mass is 378 g/mol. The number of benzene rings is 1. The van der Waals surface area contributed by atoms with Crippen molar-refractivity contribution in [2.45, 2.75) is 31.7 Å². The minimum atomic E-state index is -0.166. The number of para-hydroxylation sites is 1. The molecule has 1 amide bonds. The Hall–Kier alpha value is -3.22. The number of piperidine rings is 1. The van der Waals surface area contributed by atoms with Crippen molar-refractivity contribution >= 4 is 5.91 Å². The van der Waals surface area contributed by atoms with Gasteiger partial charge in [0.25, 0.3) is 5.91 Å². The summed E-state index contributed by atoms with van der Waals surface area (Å²) in [6.45, 7) is 0.677. The van der Waals surface area contributed by atoms with Crippen LogP contribution < -0.4 is 4.74 Å². The highest BCUT2D eigenvalue weighted by Gasteiger charge is 2.32. The third kappa shape index (κ3) is 3.74. The molecule has 0 N–H and O–H groups in total. The van der Waals surface area contributed by atoms with Crippen LogP contribution in [0.15, 0.2) is 53.3 Å². The summed E-state index contributed by atoms with van der Waals surface area (Å²) in [6.07, 6.45) is 8.19. The van der Waals surface area contributed by atoms with E-state index in [9.17, 15) is 4.79 Å². The van der Waals surface area contributed by atoms with Crippen LogP contribution in [0.25, 0.3) is 0 Å². The van der Waals surface area contributed by atoms with Crippen molar-refractivity contribution in [3.8, 4) is 5.75 Å². The molecule has 1 fully saturated rings. The van der Waals surface area contributed by atoms with E-state index < -0.39 is 0 Å². The van der Waals surface area contributed by atoms with Gasteiger partial charge in [0.1, 0.15) is 17.6 Å². The average Bonchev–Trinajstić information content (AvgIpc) is 3.22. The first-order valence-corrected chi connectivity index (χ1v) is 9.40. The number of nitrogens with zero attached hydrogens (tertiary/aromatic N) is 4. The van der Waals surface area contributed by atoms with E-state index in [1.54, 1.807) is 19.4 Å². The van der Waals surface area contributed by atoms with E-state index in [1.165, 1.54) is 12.4 Å². The van der Waals surface area contributed by atoms with Crippen LogP contribution >= 0.6 is 0 Å². The first-order chi connectivity index (χ1) is 13.8. The fourth-order valence-corrected chi connectivity index (χ4v) is 3.61. The molecule has 0 radical (unpaired) electrons. The lowest BCUT2D eigenvalue weighted by Gasteiger charge is -2.33. The van der Waals surface area contributed by atoms with Crippen molar-refractivity contribution in [2.24, 2.45) is 0 Å². The SMILES string of the molecule is COc1ccccc1Cc1cnc(C2CCCCN2C(=O)c2ccnnc2)o1. The van der Waals surface area contributed by atoms with Crippen LogP contribution in [0.1, 0.15) is 52.9 Å². The van der Waals surface area contributed by atoms with Gasteiger partial charge in [0.2, 0.25) is 5.89 Å². The molecule has 1 saturated heterocycles. The Bertz CT molecular complexity index is 942. The Labute approximate surface area is 163 Å². The molecule has 2 aromatic heterocycles. The van der Waals surface area contributed by atoms with Gasteiger partial charge in [-0.25, -0.2) is 4.98 Å². The number of hydrogen-bond donors (Lipinski definition) is 0. The summed E-state index contributed by atoms with van der Waals surface area (Å²) in [6, 6.07) is 9.36. The topological polar surface area (TPSA) is 81.4 Å². The summed E-state index contributed by atoms with van der Waals surface area (Å²) in [5.74, 6) is 2.09. The minimum Gasteiger partial charge on any atom is -0.496 e. The molecule has 0 spiro atoms. The average molecular weight is 378 g/mol. The molecule has 1 aromatic carbocycles. The van der Waals surface area contributed by atoms with Crippen LogP contribution in [0.4, 0.5) is 0 Å². The Balaban J connectivity index is 1.55. The molecule has 3 aromatic rings. The number of rotatable bonds is 5. The summed E-state index contributed by atoms with van der Waals surface area (Å²) < 4.78 is 11.5. The largest absolute Gasteiger partial charge is 0.496 e. The maximum absolute atomic E-state index is 12.9. The van der Waals surface area contributed by atoms with Crippen molar-refractivity contribution < 1.29 is 13.9 Å². The van der Waals surface area contributed by atoms with Gasteiger partial charge < -0.3 is 14.1 Å². The Morgan fingerprint density at radius 3 is 2.93 bits per heavy atom. The van der Waals surface area contributed by atoms with Crippen LogP contribution in [0.3, 0.4) is 0 Å². The van der Waals surface area contributed by atoms with Gasteiger partial charge in [-0.2, -0.15) is 10.2 Å². The molecule has 3 heterocycles. The molecule has 28 heavy (non-hydrogen) atoms. The van der Waals surface area contributed by atoms with Crippen molar-refractivity contribution in [1.29, 1.82) is 0 Å². The first-order valence-electron chi connectivity index (χ1n) is 9.40. The third-order valence-corrected chi connectivity index (χ3v) is 5.01. The van der Waals surface area contributed by atoms with Crippen molar-refractivity contribution in [3.63, 3.8) is 0 Å². The number of ether oxygens (including phenoxy) is 1. The van der Waals surface area contributed by atoms with Crippen molar-refractivity contribution in [3.05, 3.63) is 71.7 Å². The maximum atomic E-state index is 12.9. The van der Waals surface area contributed by atoms with Gasteiger partial charge in [0.05, 0.1) is 31.3 Å². The van der Waals surface area contributed by atoms with E-state index in [0.29, 0.717) is 24.4 Å². The number of amides is 1. The minimum absolute atomic E-state index is 0.0657. The smallest absolute Gasteiger partial charge is 0.256 e. The van der Waals surface area contributed by atoms with E-state index >= 15 is 0 Å². The zero-order valence-corrected chi connectivity index (χ0v) is 15.7. The van der Waals surface area contributed by atoms with Gasteiger partial charge >= 0.3 is 0 Å². The second kappa shape index (κ2) is 8.21. The quantitative estimate of drug-likeness (QED) is 0.677. The molecule has 7 nitrogen and oxygen atoms in total. The molecular formula is C21H22N4O3. The molecule has 1 atom stereocenters. The number of carbonyl (C=O) groups is 1. The van der Waals surface area contributed by atoms with Gasteiger partial charge in [-0.15, -0.1) is 0 Å². The fraction of sp³-hybridized carbons (Fsp3) is 0.333. The molecule has 0 bridgehead atoms. The number of hydrogen-bond acceptors (Lipinski definition) is 6. The number of oxazole rings is 1. The second-order valence-corrected chi connectivity index (χ2v) is 6.79. The van der Waals surface area contributed by atoms with E-state index in [2.05, 4.69) is 15.2 Å². The lowest BCUT2D eigenvalue weighted by atomic mass is 10.0. The predicted octanol–water partition coefficient (Wildman–Crippen LogP) is 3.43. The van der Waals surface area contributed by atoms with E-state index in [0.717, 1.165) is 36.3 Å². The zero-order valence-electron chi connectivity index (χ0n) is 15.7.